The number of carbonyl (C=O) groups excluding carboxylic acids is 1. The average Bonchev–Trinajstić information content (AvgIpc) is 2.59. The number of rotatable bonds is 4. The van der Waals surface area contributed by atoms with Gasteiger partial charge in [-0.3, -0.25) is 9.78 Å². The van der Waals surface area contributed by atoms with E-state index in [1.54, 1.807) is 18.0 Å². The predicted octanol–water partition coefficient (Wildman–Crippen LogP) is 4.81. The van der Waals surface area contributed by atoms with Crippen molar-refractivity contribution in [2.45, 2.75) is 30.6 Å². The van der Waals surface area contributed by atoms with Crippen LogP contribution in [0.3, 0.4) is 0 Å². The molecule has 3 aromatic rings. The Kier molecular flexibility index (Phi) is 5.14. The molecule has 0 radical (unpaired) electrons. The molecule has 0 atom stereocenters. The number of amides is 1. The first kappa shape index (κ1) is 17.2. The Balaban J connectivity index is 1.83. The summed E-state index contributed by atoms with van der Waals surface area (Å²) in [4.78, 5) is 22.8. The van der Waals surface area contributed by atoms with E-state index < -0.39 is 0 Å². The normalized spacial score (nSPS) is 10.5. The Hall–Kier alpha value is -2.66. The van der Waals surface area contributed by atoms with Crippen LogP contribution in [0, 0.1) is 20.8 Å². The number of carbonyl (C=O) groups is 1. The number of anilines is 1. The van der Waals surface area contributed by atoms with Gasteiger partial charge in [-0.25, -0.2) is 4.98 Å². The Morgan fingerprint density at radius 3 is 2.48 bits per heavy atom. The molecule has 1 heterocycles. The van der Waals surface area contributed by atoms with Crippen LogP contribution in [0.5, 0.6) is 0 Å². The van der Waals surface area contributed by atoms with Crippen LogP contribution in [-0.2, 0) is 0 Å². The molecule has 4 nitrogen and oxygen atoms in total. The number of aromatic nitrogens is 2. The van der Waals surface area contributed by atoms with Crippen molar-refractivity contribution in [3.05, 3.63) is 77.4 Å². The van der Waals surface area contributed by atoms with Crippen molar-refractivity contribution in [3.8, 4) is 0 Å². The zero-order valence-corrected chi connectivity index (χ0v) is 15.2. The van der Waals surface area contributed by atoms with Crippen LogP contribution in [0.15, 0.2) is 64.6 Å². The highest BCUT2D eigenvalue weighted by atomic mass is 32.2. The van der Waals surface area contributed by atoms with Gasteiger partial charge in [0.1, 0.15) is 5.69 Å². The average molecular weight is 349 g/mol. The highest BCUT2D eigenvalue weighted by molar-refractivity contribution is 7.99. The summed E-state index contributed by atoms with van der Waals surface area (Å²) in [6.45, 7) is 6.02. The van der Waals surface area contributed by atoms with Crippen molar-refractivity contribution in [2.24, 2.45) is 0 Å². The molecule has 0 saturated carbocycles. The fourth-order valence-corrected chi connectivity index (χ4v) is 3.36. The van der Waals surface area contributed by atoms with E-state index >= 15 is 0 Å². The van der Waals surface area contributed by atoms with Gasteiger partial charge in [0.25, 0.3) is 5.91 Å². The second-order valence-corrected chi connectivity index (χ2v) is 6.95. The highest BCUT2D eigenvalue weighted by Crippen LogP contribution is 2.35. The maximum Gasteiger partial charge on any atom is 0.275 e. The molecule has 0 bridgehead atoms. The molecule has 0 aliphatic rings. The van der Waals surface area contributed by atoms with Gasteiger partial charge >= 0.3 is 0 Å². The highest BCUT2D eigenvalue weighted by Gasteiger charge is 2.12. The van der Waals surface area contributed by atoms with Gasteiger partial charge < -0.3 is 5.32 Å². The molecule has 5 heteroatoms. The first-order valence-electron chi connectivity index (χ1n) is 7.97. The van der Waals surface area contributed by atoms with Crippen LogP contribution >= 0.6 is 11.8 Å². The first-order valence-corrected chi connectivity index (χ1v) is 8.79. The lowest BCUT2D eigenvalue weighted by atomic mass is 10.2. The van der Waals surface area contributed by atoms with Gasteiger partial charge in [0, 0.05) is 16.0 Å². The van der Waals surface area contributed by atoms with Crippen molar-refractivity contribution in [1.82, 2.24) is 9.97 Å². The molecule has 1 amide bonds. The Bertz CT molecular complexity index is 907. The van der Waals surface area contributed by atoms with Crippen LogP contribution < -0.4 is 5.32 Å². The molecule has 0 unspecified atom stereocenters. The first-order chi connectivity index (χ1) is 12.0. The van der Waals surface area contributed by atoms with Gasteiger partial charge in [-0.1, -0.05) is 41.6 Å². The number of hydrogen-bond donors (Lipinski definition) is 1. The molecular formula is C20H19N3OS. The van der Waals surface area contributed by atoms with Crippen molar-refractivity contribution in [1.29, 1.82) is 0 Å². The summed E-state index contributed by atoms with van der Waals surface area (Å²) >= 11 is 1.64. The minimum atomic E-state index is -0.263. The summed E-state index contributed by atoms with van der Waals surface area (Å²) in [5.74, 6) is -0.263. The number of hydrogen-bond acceptors (Lipinski definition) is 4. The number of para-hydroxylation sites is 1. The second kappa shape index (κ2) is 7.49. The van der Waals surface area contributed by atoms with E-state index in [2.05, 4.69) is 47.3 Å². The smallest absolute Gasteiger partial charge is 0.275 e. The third-order valence-corrected chi connectivity index (χ3v) is 4.95. The largest absolute Gasteiger partial charge is 0.320 e. The van der Waals surface area contributed by atoms with E-state index in [0.717, 1.165) is 16.3 Å². The van der Waals surface area contributed by atoms with E-state index in [1.165, 1.54) is 22.2 Å². The molecule has 3 rings (SSSR count). The fourth-order valence-electron chi connectivity index (χ4n) is 2.39. The summed E-state index contributed by atoms with van der Waals surface area (Å²) in [6, 6.07) is 14.1. The van der Waals surface area contributed by atoms with Crippen LogP contribution in [-0.4, -0.2) is 15.9 Å². The quantitative estimate of drug-likeness (QED) is 0.735. The van der Waals surface area contributed by atoms with Gasteiger partial charge in [0.05, 0.1) is 17.6 Å². The van der Waals surface area contributed by atoms with Crippen LogP contribution in [0.4, 0.5) is 5.69 Å². The van der Waals surface area contributed by atoms with Gasteiger partial charge in [-0.2, -0.15) is 0 Å². The van der Waals surface area contributed by atoms with Gasteiger partial charge in [0.15, 0.2) is 0 Å². The maximum absolute atomic E-state index is 12.4. The molecule has 0 aliphatic carbocycles. The standard InChI is InChI=1S/C20H19N3OS/c1-13-8-9-18(14(2)10-13)25-19-7-5-4-6-16(19)23-20(24)17-12-21-15(3)11-22-17/h4-12H,1-3H3,(H,23,24). The summed E-state index contributed by atoms with van der Waals surface area (Å²) < 4.78 is 0. The van der Waals surface area contributed by atoms with E-state index in [9.17, 15) is 4.79 Å². The van der Waals surface area contributed by atoms with Crippen molar-refractivity contribution in [2.75, 3.05) is 5.32 Å². The van der Waals surface area contributed by atoms with Crippen molar-refractivity contribution < 1.29 is 4.79 Å². The molecule has 0 saturated heterocycles. The van der Waals surface area contributed by atoms with E-state index in [0.29, 0.717) is 5.69 Å². The van der Waals surface area contributed by atoms with E-state index in [4.69, 9.17) is 0 Å². The maximum atomic E-state index is 12.4. The summed E-state index contributed by atoms with van der Waals surface area (Å²) in [7, 11) is 0. The minimum Gasteiger partial charge on any atom is -0.320 e. The van der Waals surface area contributed by atoms with Crippen LogP contribution in [0.25, 0.3) is 0 Å². The predicted molar refractivity (Wildman–Crippen MR) is 101 cm³/mol. The third-order valence-electron chi connectivity index (χ3n) is 3.70. The summed E-state index contributed by atoms with van der Waals surface area (Å²) in [5, 5.41) is 2.94. The fraction of sp³-hybridized carbons (Fsp3) is 0.150. The van der Waals surface area contributed by atoms with Crippen LogP contribution in [0.1, 0.15) is 27.3 Å². The van der Waals surface area contributed by atoms with Crippen molar-refractivity contribution >= 4 is 23.4 Å². The number of benzene rings is 2. The van der Waals surface area contributed by atoms with E-state index in [-0.39, 0.29) is 5.91 Å². The second-order valence-electron chi connectivity index (χ2n) is 5.86. The van der Waals surface area contributed by atoms with Crippen molar-refractivity contribution in [3.63, 3.8) is 0 Å². The molecule has 25 heavy (non-hydrogen) atoms. The topological polar surface area (TPSA) is 54.9 Å². The Morgan fingerprint density at radius 2 is 1.76 bits per heavy atom. The molecular weight excluding hydrogens is 330 g/mol. The number of nitrogens with one attached hydrogen (secondary N) is 1. The number of aryl methyl sites for hydroxylation is 3. The van der Waals surface area contributed by atoms with E-state index in [1.807, 2.05) is 31.2 Å². The lowest BCUT2D eigenvalue weighted by Crippen LogP contribution is -2.14. The summed E-state index contributed by atoms with van der Waals surface area (Å²) in [6.07, 6.45) is 3.08. The van der Waals surface area contributed by atoms with Gasteiger partial charge in [0.2, 0.25) is 0 Å². The molecule has 1 aromatic heterocycles. The monoisotopic (exact) mass is 349 g/mol. The molecule has 0 aliphatic heterocycles. The van der Waals surface area contributed by atoms with Gasteiger partial charge in [-0.15, -0.1) is 0 Å². The molecule has 1 N–H and O–H groups in total. The molecule has 0 fully saturated rings. The Morgan fingerprint density at radius 1 is 0.960 bits per heavy atom. The zero-order valence-electron chi connectivity index (χ0n) is 14.4. The van der Waals surface area contributed by atoms with Crippen LogP contribution in [0.2, 0.25) is 0 Å². The minimum absolute atomic E-state index is 0.263. The Labute approximate surface area is 151 Å². The summed E-state index contributed by atoms with van der Waals surface area (Å²) in [5.41, 5.74) is 4.30. The number of nitrogens with zero attached hydrogens (tertiary/aromatic N) is 2. The molecule has 2 aromatic carbocycles. The molecule has 0 spiro atoms. The molecule has 126 valence electrons. The third kappa shape index (κ3) is 4.25. The van der Waals surface area contributed by atoms with Gasteiger partial charge in [-0.05, 0) is 44.5 Å². The lowest BCUT2D eigenvalue weighted by Gasteiger charge is -2.12. The zero-order chi connectivity index (χ0) is 17.8. The SMILES string of the molecule is Cc1ccc(Sc2ccccc2NC(=O)c2cnc(C)cn2)c(C)c1. The lowest BCUT2D eigenvalue weighted by molar-refractivity contribution is 0.102.